The first kappa shape index (κ1) is 14.8. The van der Waals surface area contributed by atoms with Crippen molar-refractivity contribution in [1.82, 2.24) is 15.5 Å². The summed E-state index contributed by atoms with van der Waals surface area (Å²) in [5, 5.41) is 14.8. The minimum absolute atomic E-state index is 0.197. The topological polar surface area (TPSA) is 81.7 Å². The van der Waals surface area contributed by atoms with Crippen molar-refractivity contribution in [2.75, 3.05) is 20.1 Å². The van der Waals surface area contributed by atoms with Gasteiger partial charge in [-0.1, -0.05) is 13.3 Å². The number of rotatable bonds is 5. The van der Waals surface area contributed by atoms with E-state index in [4.69, 9.17) is 5.11 Å². The third-order valence-electron chi connectivity index (χ3n) is 3.35. The number of piperidine rings is 1. The quantitative estimate of drug-likeness (QED) is 0.675. The Balaban J connectivity index is 2.48. The Kier molecular flexibility index (Phi) is 5.91. The van der Waals surface area contributed by atoms with Gasteiger partial charge in [-0.3, -0.25) is 0 Å². The Labute approximate surface area is 108 Å². The first-order chi connectivity index (χ1) is 8.56. The number of nitrogens with zero attached hydrogens (tertiary/aromatic N) is 1. The standard InChI is InChI=1S/C12H23N3O3/c1-3-4-10(11(16)17)14-12(18)15(2)9-5-7-13-8-6-9/h9-10,13H,3-8H2,1-2H3,(H,14,18)(H,16,17)/t10-/m1/s1. The lowest BCUT2D eigenvalue weighted by Gasteiger charge is -2.32. The van der Waals surface area contributed by atoms with Gasteiger partial charge in [0.05, 0.1) is 0 Å². The number of hydrogen-bond acceptors (Lipinski definition) is 3. The predicted molar refractivity (Wildman–Crippen MR) is 68.5 cm³/mol. The summed E-state index contributed by atoms with van der Waals surface area (Å²) in [4.78, 5) is 24.6. The molecule has 1 rings (SSSR count). The zero-order chi connectivity index (χ0) is 13.5. The van der Waals surface area contributed by atoms with Gasteiger partial charge >= 0.3 is 12.0 Å². The van der Waals surface area contributed by atoms with Gasteiger partial charge in [0, 0.05) is 13.1 Å². The molecule has 1 atom stereocenters. The van der Waals surface area contributed by atoms with Crippen LogP contribution in [0, 0.1) is 0 Å². The lowest BCUT2D eigenvalue weighted by atomic mass is 10.1. The highest BCUT2D eigenvalue weighted by molar-refractivity contribution is 5.82. The van der Waals surface area contributed by atoms with E-state index in [1.165, 1.54) is 0 Å². The van der Waals surface area contributed by atoms with Crippen molar-refractivity contribution in [3.05, 3.63) is 0 Å². The molecule has 0 bridgehead atoms. The van der Waals surface area contributed by atoms with Crippen molar-refractivity contribution < 1.29 is 14.7 Å². The van der Waals surface area contributed by atoms with Gasteiger partial charge in [0.15, 0.2) is 0 Å². The van der Waals surface area contributed by atoms with Gasteiger partial charge in [-0.2, -0.15) is 0 Å². The Morgan fingerprint density at radius 3 is 2.56 bits per heavy atom. The number of aliphatic carboxylic acids is 1. The van der Waals surface area contributed by atoms with E-state index >= 15 is 0 Å². The molecule has 1 fully saturated rings. The summed E-state index contributed by atoms with van der Waals surface area (Å²) in [6.45, 7) is 3.71. The first-order valence-electron chi connectivity index (χ1n) is 6.53. The van der Waals surface area contributed by atoms with Crippen molar-refractivity contribution >= 4 is 12.0 Å². The molecule has 2 amide bonds. The normalized spacial score (nSPS) is 18.1. The summed E-state index contributed by atoms with van der Waals surface area (Å²) in [7, 11) is 1.73. The molecule has 0 aromatic carbocycles. The highest BCUT2D eigenvalue weighted by Gasteiger charge is 2.25. The second-order valence-corrected chi connectivity index (χ2v) is 4.72. The number of carbonyl (C=O) groups excluding carboxylic acids is 1. The average Bonchev–Trinajstić information content (AvgIpc) is 2.38. The highest BCUT2D eigenvalue weighted by atomic mass is 16.4. The van der Waals surface area contributed by atoms with Crippen molar-refractivity contribution in [2.45, 2.75) is 44.7 Å². The molecule has 0 spiro atoms. The molecule has 6 nitrogen and oxygen atoms in total. The summed E-state index contributed by atoms with van der Waals surface area (Å²) in [6, 6.07) is -0.878. The van der Waals surface area contributed by atoms with Crippen LogP contribution in [0.2, 0.25) is 0 Å². The molecule has 18 heavy (non-hydrogen) atoms. The smallest absolute Gasteiger partial charge is 0.326 e. The van der Waals surface area contributed by atoms with Crippen molar-refractivity contribution in [1.29, 1.82) is 0 Å². The molecule has 6 heteroatoms. The van der Waals surface area contributed by atoms with Crippen LogP contribution < -0.4 is 10.6 Å². The van der Waals surface area contributed by atoms with Crippen LogP contribution in [0.1, 0.15) is 32.6 Å². The Morgan fingerprint density at radius 2 is 2.06 bits per heavy atom. The zero-order valence-corrected chi connectivity index (χ0v) is 11.1. The number of amides is 2. The van der Waals surface area contributed by atoms with Gasteiger partial charge in [0.1, 0.15) is 6.04 Å². The summed E-state index contributed by atoms with van der Waals surface area (Å²) >= 11 is 0. The molecule has 0 aliphatic carbocycles. The second-order valence-electron chi connectivity index (χ2n) is 4.72. The van der Waals surface area contributed by atoms with E-state index in [1.807, 2.05) is 6.92 Å². The first-order valence-corrected chi connectivity index (χ1v) is 6.53. The molecule has 1 aliphatic rings. The molecule has 0 unspecified atom stereocenters. The van der Waals surface area contributed by atoms with E-state index in [2.05, 4.69) is 10.6 Å². The maximum atomic E-state index is 12.0. The van der Waals surface area contributed by atoms with E-state index in [1.54, 1.807) is 11.9 Å². The summed E-state index contributed by atoms with van der Waals surface area (Å²) in [6.07, 6.45) is 3.01. The second kappa shape index (κ2) is 7.20. The molecular weight excluding hydrogens is 234 g/mol. The lowest BCUT2D eigenvalue weighted by molar-refractivity contribution is -0.139. The molecule has 0 aromatic heterocycles. The van der Waals surface area contributed by atoms with Gasteiger partial charge in [0.25, 0.3) is 0 Å². The lowest BCUT2D eigenvalue weighted by Crippen LogP contribution is -2.51. The van der Waals surface area contributed by atoms with Gasteiger partial charge in [-0.05, 0) is 32.4 Å². The number of carbonyl (C=O) groups is 2. The summed E-state index contributed by atoms with van der Waals surface area (Å²) in [5.74, 6) is -0.969. The van der Waals surface area contributed by atoms with E-state index < -0.39 is 12.0 Å². The molecule has 3 N–H and O–H groups in total. The van der Waals surface area contributed by atoms with Crippen LogP contribution in [0.4, 0.5) is 4.79 Å². The third-order valence-corrected chi connectivity index (χ3v) is 3.35. The number of carboxylic acids is 1. The minimum Gasteiger partial charge on any atom is -0.480 e. The molecular formula is C12H23N3O3. The maximum absolute atomic E-state index is 12.0. The van der Waals surface area contributed by atoms with E-state index in [0.29, 0.717) is 6.42 Å². The number of hydrogen-bond donors (Lipinski definition) is 3. The Morgan fingerprint density at radius 1 is 1.44 bits per heavy atom. The molecule has 1 heterocycles. The minimum atomic E-state index is -0.969. The van der Waals surface area contributed by atoms with Crippen molar-refractivity contribution in [3.8, 4) is 0 Å². The van der Waals surface area contributed by atoms with Gasteiger partial charge in [0.2, 0.25) is 0 Å². The van der Waals surface area contributed by atoms with Gasteiger partial charge in [-0.25, -0.2) is 9.59 Å². The Bertz CT molecular complexity index is 290. The van der Waals surface area contributed by atoms with E-state index in [0.717, 1.165) is 32.4 Å². The molecule has 1 aliphatic heterocycles. The van der Waals surface area contributed by atoms with Crippen LogP contribution in [0.5, 0.6) is 0 Å². The average molecular weight is 257 g/mol. The molecule has 0 aromatic rings. The van der Waals surface area contributed by atoms with Gasteiger partial charge in [-0.15, -0.1) is 0 Å². The fraction of sp³-hybridized carbons (Fsp3) is 0.833. The maximum Gasteiger partial charge on any atom is 0.326 e. The van der Waals surface area contributed by atoms with Crippen LogP contribution in [0.15, 0.2) is 0 Å². The zero-order valence-electron chi connectivity index (χ0n) is 11.1. The summed E-state index contributed by atoms with van der Waals surface area (Å²) in [5.41, 5.74) is 0. The molecule has 0 radical (unpaired) electrons. The largest absolute Gasteiger partial charge is 0.480 e. The number of carboxylic acid groups (broad SMARTS) is 1. The Hall–Kier alpha value is -1.30. The molecule has 0 saturated carbocycles. The van der Waals surface area contributed by atoms with Crippen LogP contribution >= 0.6 is 0 Å². The highest BCUT2D eigenvalue weighted by Crippen LogP contribution is 2.10. The predicted octanol–water partition coefficient (Wildman–Crippen LogP) is 0.633. The number of nitrogens with one attached hydrogen (secondary N) is 2. The van der Waals surface area contributed by atoms with Gasteiger partial charge < -0.3 is 20.6 Å². The summed E-state index contributed by atoms with van der Waals surface area (Å²) < 4.78 is 0. The van der Waals surface area contributed by atoms with Crippen molar-refractivity contribution in [2.24, 2.45) is 0 Å². The van der Waals surface area contributed by atoms with Crippen LogP contribution in [-0.2, 0) is 4.79 Å². The van der Waals surface area contributed by atoms with Crippen molar-refractivity contribution in [3.63, 3.8) is 0 Å². The fourth-order valence-electron chi connectivity index (χ4n) is 2.16. The fourth-order valence-corrected chi connectivity index (χ4v) is 2.16. The van der Waals surface area contributed by atoms with Crippen LogP contribution in [0.25, 0.3) is 0 Å². The molecule has 104 valence electrons. The van der Waals surface area contributed by atoms with E-state index in [9.17, 15) is 9.59 Å². The third kappa shape index (κ3) is 4.18. The SMILES string of the molecule is CCC[C@@H](NC(=O)N(C)C1CCNCC1)C(=O)O. The van der Waals surface area contributed by atoms with Crippen LogP contribution in [-0.4, -0.2) is 54.2 Å². The molecule has 1 saturated heterocycles. The van der Waals surface area contributed by atoms with E-state index in [-0.39, 0.29) is 12.1 Å². The number of urea groups is 1. The monoisotopic (exact) mass is 257 g/mol. The van der Waals surface area contributed by atoms with Crippen LogP contribution in [0.3, 0.4) is 0 Å².